The third-order valence-electron chi connectivity index (χ3n) is 2.59. The average Bonchev–Trinajstić information content (AvgIpc) is 2.79. The van der Waals surface area contributed by atoms with E-state index in [1.165, 1.54) is 18.6 Å². The summed E-state index contributed by atoms with van der Waals surface area (Å²) in [4.78, 5) is 0. The van der Waals surface area contributed by atoms with Crippen molar-refractivity contribution in [1.82, 2.24) is 20.3 Å². The molecule has 14 heavy (non-hydrogen) atoms. The van der Waals surface area contributed by atoms with Crippen LogP contribution >= 0.6 is 11.8 Å². The zero-order valence-electron chi connectivity index (χ0n) is 8.60. The lowest BCUT2D eigenvalue weighted by atomic mass is 10.1. The maximum absolute atomic E-state index is 4.17. The maximum Gasteiger partial charge on any atom is 0.101 e. The number of nitrogens with one attached hydrogen (secondary N) is 1. The van der Waals surface area contributed by atoms with Crippen molar-refractivity contribution in [2.45, 2.75) is 24.1 Å². The number of rotatable bonds is 3. The third-order valence-corrected chi connectivity index (χ3v) is 4.05. The van der Waals surface area contributed by atoms with E-state index in [0.717, 1.165) is 5.69 Å². The summed E-state index contributed by atoms with van der Waals surface area (Å²) in [5.41, 5.74) is 1.06. The molecule has 0 aromatic carbocycles. The van der Waals surface area contributed by atoms with Crippen LogP contribution < -0.4 is 5.32 Å². The van der Waals surface area contributed by atoms with E-state index >= 15 is 0 Å². The zero-order valence-corrected chi connectivity index (χ0v) is 9.42. The minimum absolute atomic E-state index is 0.358. The lowest BCUT2D eigenvalue weighted by Gasteiger charge is -2.19. The number of hydrogen-bond donors (Lipinski definition) is 1. The Labute approximate surface area is 88.4 Å². The summed E-state index contributed by atoms with van der Waals surface area (Å²) in [6, 6.07) is 0.358. The first kappa shape index (κ1) is 9.98. The monoisotopic (exact) mass is 212 g/mol. The van der Waals surface area contributed by atoms with Gasteiger partial charge in [-0.05, 0) is 25.6 Å². The standard InChI is InChI=1S/C9H16N4S/c1-10-9(8-4-3-5-14-8)7-6-13(2)12-11-7/h6,8-10H,3-5H2,1-2H3. The summed E-state index contributed by atoms with van der Waals surface area (Å²) >= 11 is 2.04. The van der Waals surface area contributed by atoms with E-state index in [-0.39, 0.29) is 0 Å². The summed E-state index contributed by atoms with van der Waals surface area (Å²) in [6.45, 7) is 0. The molecule has 1 aliphatic rings. The lowest BCUT2D eigenvalue weighted by molar-refractivity contribution is 0.538. The molecule has 1 fully saturated rings. The van der Waals surface area contributed by atoms with Crippen molar-refractivity contribution < 1.29 is 0 Å². The van der Waals surface area contributed by atoms with E-state index in [9.17, 15) is 0 Å². The Morgan fingerprint density at radius 3 is 3.07 bits per heavy atom. The van der Waals surface area contributed by atoms with E-state index in [1.54, 1.807) is 4.68 Å². The van der Waals surface area contributed by atoms with Crippen molar-refractivity contribution in [2.75, 3.05) is 12.8 Å². The first-order chi connectivity index (χ1) is 6.81. The highest BCUT2D eigenvalue weighted by Gasteiger charge is 2.27. The Morgan fingerprint density at radius 2 is 2.57 bits per heavy atom. The Morgan fingerprint density at radius 1 is 1.71 bits per heavy atom. The van der Waals surface area contributed by atoms with Crippen molar-refractivity contribution in [1.29, 1.82) is 0 Å². The molecule has 0 bridgehead atoms. The molecule has 5 heteroatoms. The molecular weight excluding hydrogens is 196 g/mol. The molecule has 0 aliphatic carbocycles. The molecule has 2 unspecified atom stereocenters. The van der Waals surface area contributed by atoms with Crippen molar-refractivity contribution in [2.24, 2.45) is 7.05 Å². The van der Waals surface area contributed by atoms with Gasteiger partial charge in [0.15, 0.2) is 0 Å². The molecule has 78 valence electrons. The third kappa shape index (κ3) is 1.93. The minimum Gasteiger partial charge on any atom is -0.311 e. The van der Waals surface area contributed by atoms with Crippen molar-refractivity contribution in [3.05, 3.63) is 11.9 Å². The number of hydrogen-bond acceptors (Lipinski definition) is 4. The van der Waals surface area contributed by atoms with Crippen LogP contribution in [0.1, 0.15) is 24.6 Å². The fraction of sp³-hybridized carbons (Fsp3) is 0.778. The highest BCUT2D eigenvalue weighted by atomic mass is 32.2. The van der Waals surface area contributed by atoms with Gasteiger partial charge in [0, 0.05) is 18.5 Å². The van der Waals surface area contributed by atoms with Gasteiger partial charge in [0.25, 0.3) is 0 Å². The van der Waals surface area contributed by atoms with Crippen LogP contribution in [0.5, 0.6) is 0 Å². The lowest BCUT2D eigenvalue weighted by Crippen LogP contribution is -2.26. The molecule has 4 nitrogen and oxygen atoms in total. The second-order valence-corrected chi connectivity index (χ2v) is 4.98. The summed E-state index contributed by atoms with van der Waals surface area (Å²) in [7, 11) is 3.91. The molecule has 1 aromatic rings. The van der Waals surface area contributed by atoms with Gasteiger partial charge in [-0.15, -0.1) is 5.10 Å². The fourth-order valence-electron chi connectivity index (χ4n) is 1.90. The highest BCUT2D eigenvalue weighted by molar-refractivity contribution is 8.00. The van der Waals surface area contributed by atoms with E-state index in [4.69, 9.17) is 0 Å². The van der Waals surface area contributed by atoms with Crippen LogP contribution in [0.2, 0.25) is 0 Å². The van der Waals surface area contributed by atoms with Crippen molar-refractivity contribution >= 4 is 11.8 Å². The predicted octanol–water partition coefficient (Wildman–Crippen LogP) is 0.971. The van der Waals surface area contributed by atoms with Crippen molar-refractivity contribution in [3.8, 4) is 0 Å². The smallest absolute Gasteiger partial charge is 0.101 e. The molecular formula is C9H16N4S. The summed E-state index contributed by atoms with van der Waals surface area (Å²) in [6.07, 6.45) is 4.61. The van der Waals surface area contributed by atoms with Gasteiger partial charge in [0.05, 0.1) is 6.04 Å². The predicted molar refractivity (Wildman–Crippen MR) is 58.3 cm³/mol. The molecule has 1 aliphatic heterocycles. The minimum atomic E-state index is 0.358. The van der Waals surface area contributed by atoms with Crippen LogP contribution in [0, 0.1) is 0 Å². The SMILES string of the molecule is CNC(c1cn(C)nn1)C1CCCS1. The fourth-order valence-corrected chi connectivity index (χ4v) is 3.33. The van der Waals surface area contributed by atoms with Gasteiger partial charge < -0.3 is 5.32 Å². The summed E-state index contributed by atoms with van der Waals surface area (Å²) in [5.74, 6) is 1.28. The molecule has 1 saturated heterocycles. The van der Waals surface area contributed by atoms with Crippen LogP contribution in [0.25, 0.3) is 0 Å². The van der Waals surface area contributed by atoms with Crippen LogP contribution in [0.4, 0.5) is 0 Å². The number of thioether (sulfide) groups is 1. The van der Waals surface area contributed by atoms with E-state index in [2.05, 4.69) is 15.6 Å². The van der Waals surface area contributed by atoms with Gasteiger partial charge in [-0.25, -0.2) is 0 Å². The van der Waals surface area contributed by atoms with E-state index in [1.807, 2.05) is 32.1 Å². The van der Waals surface area contributed by atoms with Crippen molar-refractivity contribution in [3.63, 3.8) is 0 Å². The highest BCUT2D eigenvalue weighted by Crippen LogP contribution is 2.34. The molecule has 2 rings (SSSR count). The molecule has 0 spiro atoms. The number of aryl methyl sites for hydroxylation is 1. The van der Waals surface area contributed by atoms with Crippen LogP contribution in [-0.2, 0) is 7.05 Å². The first-order valence-electron chi connectivity index (χ1n) is 4.96. The average molecular weight is 212 g/mol. The second kappa shape index (κ2) is 4.31. The van der Waals surface area contributed by atoms with Gasteiger partial charge in [-0.2, -0.15) is 11.8 Å². The normalized spacial score (nSPS) is 24.0. The van der Waals surface area contributed by atoms with Gasteiger partial charge >= 0.3 is 0 Å². The number of aromatic nitrogens is 3. The molecule has 0 saturated carbocycles. The van der Waals surface area contributed by atoms with Gasteiger partial charge in [0.1, 0.15) is 5.69 Å². The summed E-state index contributed by atoms with van der Waals surface area (Å²) < 4.78 is 1.76. The molecule has 0 radical (unpaired) electrons. The Hall–Kier alpha value is -0.550. The van der Waals surface area contributed by atoms with Crippen LogP contribution in [-0.4, -0.2) is 33.0 Å². The van der Waals surface area contributed by atoms with Gasteiger partial charge in [-0.3, -0.25) is 4.68 Å². The Kier molecular flexibility index (Phi) is 3.08. The quantitative estimate of drug-likeness (QED) is 0.811. The Balaban J connectivity index is 2.12. The van der Waals surface area contributed by atoms with Crippen LogP contribution in [0.15, 0.2) is 6.20 Å². The molecule has 1 aromatic heterocycles. The largest absolute Gasteiger partial charge is 0.311 e. The number of nitrogens with zero attached hydrogens (tertiary/aromatic N) is 3. The second-order valence-electron chi connectivity index (χ2n) is 3.63. The Bertz CT molecular complexity index is 293. The summed E-state index contributed by atoms with van der Waals surface area (Å²) in [5, 5.41) is 12.1. The molecule has 0 amide bonds. The maximum atomic E-state index is 4.17. The topological polar surface area (TPSA) is 42.7 Å². The van der Waals surface area contributed by atoms with Gasteiger partial charge in [0.2, 0.25) is 0 Å². The molecule has 1 N–H and O–H groups in total. The van der Waals surface area contributed by atoms with E-state index < -0.39 is 0 Å². The molecule has 2 atom stereocenters. The van der Waals surface area contributed by atoms with Crippen LogP contribution in [0.3, 0.4) is 0 Å². The van der Waals surface area contributed by atoms with E-state index in [0.29, 0.717) is 11.3 Å². The van der Waals surface area contributed by atoms with Gasteiger partial charge in [-0.1, -0.05) is 5.21 Å². The molecule has 2 heterocycles. The zero-order chi connectivity index (χ0) is 9.97. The first-order valence-corrected chi connectivity index (χ1v) is 6.01.